The van der Waals surface area contributed by atoms with E-state index in [-0.39, 0.29) is 0 Å². The predicted octanol–water partition coefficient (Wildman–Crippen LogP) is 5.23. The second-order valence-corrected chi connectivity index (χ2v) is 9.91. The number of aromatic nitrogens is 4. The first-order chi connectivity index (χ1) is 16.7. The molecular weight excluding hydrogens is 468 g/mol. The van der Waals surface area contributed by atoms with Gasteiger partial charge in [0.2, 0.25) is 0 Å². The van der Waals surface area contributed by atoms with Crippen LogP contribution in [0.2, 0.25) is 0 Å². The van der Waals surface area contributed by atoms with Gasteiger partial charge in [0.1, 0.15) is 17.3 Å². The monoisotopic (exact) mass is 494 g/mol. The molecule has 2 aromatic carbocycles. The van der Waals surface area contributed by atoms with Gasteiger partial charge in [-0.25, -0.2) is 4.98 Å². The molecule has 176 valence electrons. The molecule has 1 N–H and O–H groups in total. The van der Waals surface area contributed by atoms with Gasteiger partial charge in [-0.3, -0.25) is 0 Å². The molecule has 2 heterocycles. The van der Waals surface area contributed by atoms with Crippen molar-refractivity contribution in [3.8, 4) is 34.0 Å². The zero-order chi connectivity index (χ0) is 23.8. The van der Waals surface area contributed by atoms with Crippen LogP contribution in [0, 0.1) is 0 Å². The molecule has 0 aliphatic carbocycles. The van der Waals surface area contributed by atoms with Crippen LogP contribution in [0.25, 0.3) is 22.5 Å². The highest BCUT2D eigenvalue weighted by Crippen LogP contribution is 2.34. The van der Waals surface area contributed by atoms with Gasteiger partial charge in [-0.05, 0) is 67.4 Å². The number of hydrogen-bond acceptors (Lipinski definition) is 7. The van der Waals surface area contributed by atoms with Gasteiger partial charge >= 0.3 is 5.16 Å². The summed E-state index contributed by atoms with van der Waals surface area (Å²) in [7, 11) is 3.31. The topological polar surface area (TPSA) is 96.0 Å². The van der Waals surface area contributed by atoms with Crippen LogP contribution >= 0.6 is 11.8 Å². The largest absolute Gasteiger partial charge is 0.609 e. The third-order valence-corrected chi connectivity index (χ3v) is 7.37. The quantitative estimate of drug-likeness (QED) is 0.132. The highest BCUT2D eigenvalue weighted by molar-refractivity contribution is 7.99. The van der Waals surface area contributed by atoms with E-state index in [9.17, 15) is 4.55 Å². The normalized spacial score (nSPS) is 11.9. The van der Waals surface area contributed by atoms with Crippen molar-refractivity contribution >= 4 is 22.9 Å². The second-order valence-electron chi connectivity index (χ2n) is 7.36. The average Bonchev–Trinajstić information content (AvgIpc) is 3.33. The van der Waals surface area contributed by atoms with Crippen LogP contribution in [-0.2, 0) is 11.2 Å². The van der Waals surface area contributed by atoms with Gasteiger partial charge in [-0.15, -0.1) is 0 Å². The first kappa shape index (κ1) is 24.1. The molecule has 1 atom stereocenters. The summed E-state index contributed by atoms with van der Waals surface area (Å²) in [6.07, 6.45) is 4.98. The first-order valence-electron chi connectivity index (χ1n) is 10.8. The first-order valence-corrected chi connectivity index (χ1v) is 13.2. The van der Waals surface area contributed by atoms with E-state index < -0.39 is 11.2 Å². The number of unbranched alkanes of at least 4 members (excludes halogenated alkanes) is 1. The van der Waals surface area contributed by atoms with Crippen LogP contribution in [0.15, 0.2) is 77.3 Å². The molecule has 0 spiro atoms. The van der Waals surface area contributed by atoms with Gasteiger partial charge in [0.25, 0.3) is 0 Å². The summed E-state index contributed by atoms with van der Waals surface area (Å²) >= 11 is 0.499. The van der Waals surface area contributed by atoms with Crippen LogP contribution in [0.4, 0.5) is 0 Å². The smallest absolute Gasteiger partial charge is 0.342 e. The number of ether oxygens (including phenoxy) is 2. The maximum absolute atomic E-state index is 12.3. The van der Waals surface area contributed by atoms with E-state index in [4.69, 9.17) is 14.5 Å². The molecule has 0 saturated heterocycles. The molecule has 0 saturated carbocycles. The molecule has 0 fully saturated rings. The molecule has 0 aliphatic rings. The Hall–Kier alpha value is -3.01. The minimum atomic E-state index is -1.16. The molecule has 34 heavy (non-hydrogen) atoms. The standard InChI is InChI=1S/C25H26N4O3S2/c1-31-20-10-6-18(7-11-20)22-23(19-8-12-21(32-2)13-9-19)29-24(28-22)33-16-3-4-17-34(30)25-26-14-5-15-27-25/h5-15H,3-4,16-17H2,1-2H3,(H,28,29). The molecule has 4 rings (SSSR count). The number of rotatable bonds is 11. The van der Waals surface area contributed by atoms with Crippen LogP contribution in [-0.4, -0.2) is 50.2 Å². The summed E-state index contributed by atoms with van der Waals surface area (Å²) in [4.78, 5) is 16.5. The van der Waals surface area contributed by atoms with Gasteiger partial charge in [0.15, 0.2) is 5.16 Å². The molecular formula is C25H26N4O3S2. The maximum atomic E-state index is 12.3. The van der Waals surface area contributed by atoms with Crippen molar-refractivity contribution in [2.45, 2.75) is 23.2 Å². The number of aromatic amines is 1. The van der Waals surface area contributed by atoms with Crippen molar-refractivity contribution in [1.82, 2.24) is 19.9 Å². The third-order valence-electron chi connectivity index (χ3n) is 5.13. The Bertz CT molecular complexity index is 1100. The summed E-state index contributed by atoms with van der Waals surface area (Å²) in [5.41, 5.74) is 3.88. The second kappa shape index (κ2) is 11.9. The van der Waals surface area contributed by atoms with Gasteiger partial charge < -0.3 is 19.0 Å². The molecule has 0 bridgehead atoms. The van der Waals surface area contributed by atoms with Crippen LogP contribution < -0.4 is 9.47 Å². The van der Waals surface area contributed by atoms with Crippen molar-refractivity contribution in [2.75, 3.05) is 25.7 Å². The Balaban J connectivity index is 1.44. The minimum absolute atomic E-state index is 0.398. The summed E-state index contributed by atoms with van der Waals surface area (Å²) < 4.78 is 22.9. The van der Waals surface area contributed by atoms with Gasteiger partial charge in [-0.2, -0.15) is 9.97 Å². The molecule has 0 aliphatic heterocycles. The van der Waals surface area contributed by atoms with Crippen molar-refractivity contribution in [2.24, 2.45) is 0 Å². The molecule has 2 aromatic heterocycles. The Labute approximate surface area is 206 Å². The fourth-order valence-corrected chi connectivity index (χ4v) is 5.22. The molecule has 1 unspecified atom stereocenters. The highest BCUT2D eigenvalue weighted by atomic mass is 32.2. The van der Waals surface area contributed by atoms with Gasteiger partial charge in [0, 0.05) is 40.4 Å². The summed E-state index contributed by atoms with van der Waals surface area (Å²) in [5.74, 6) is 3.03. The summed E-state index contributed by atoms with van der Waals surface area (Å²) in [5, 5.41) is 1.25. The SMILES string of the molecule is COc1ccc(-c2nc(SCCCC[S+]([O-])c3ncccn3)[nH]c2-c2ccc(OC)cc2)cc1. The fraction of sp³-hybridized carbons (Fsp3) is 0.240. The lowest BCUT2D eigenvalue weighted by atomic mass is 10.0. The third kappa shape index (κ3) is 6.11. The van der Waals surface area contributed by atoms with E-state index in [1.54, 1.807) is 44.4 Å². The van der Waals surface area contributed by atoms with E-state index in [1.165, 1.54) is 0 Å². The van der Waals surface area contributed by atoms with Crippen molar-refractivity contribution in [3.05, 3.63) is 67.0 Å². The lowest BCUT2D eigenvalue weighted by Crippen LogP contribution is -2.10. The Morgan fingerprint density at radius 2 is 1.50 bits per heavy atom. The number of nitrogens with zero attached hydrogens (tertiary/aromatic N) is 3. The van der Waals surface area contributed by atoms with Crippen molar-refractivity contribution < 1.29 is 14.0 Å². The molecule has 0 radical (unpaired) electrons. The number of nitrogens with one attached hydrogen (secondary N) is 1. The number of imidazole rings is 1. The number of hydrogen-bond donors (Lipinski definition) is 1. The highest BCUT2D eigenvalue weighted by Gasteiger charge is 2.16. The van der Waals surface area contributed by atoms with Gasteiger partial charge in [0.05, 0.1) is 25.6 Å². The lowest BCUT2D eigenvalue weighted by Gasteiger charge is -2.07. The van der Waals surface area contributed by atoms with E-state index in [2.05, 4.69) is 15.0 Å². The fourth-order valence-electron chi connectivity index (χ4n) is 3.34. The Kier molecular flexibility index (Phi) is 8.46. The van der Waals surface area contributed by atoms with E-state index in [0.717, 1.165) is 57.8 Å². The minimum Gasteiger partial charge on any atom is -0.609 e. The maximum Gasteiger partial charge on any atom is 0.342 e. The van der Waals surface area contributed by atoms with E-state index in [0.29, 0.717) is 10.9 Å². The molecule has 0 amide bonds. The Morgan fingerprint density at radius 3 is 2.12 bits per heavy atom. The number of benzene rings is 2. The average molecular weight is 495 g/mol. The molecule has 7 nitrogen and oxygen atoms in total. The Morgan fingerprint density at radius 1 is 0.882 bits per heavy atom. The van der Waals surface area contributed by atoms with Gasteiger partial charge in [-0.1, -0.05) is 11.8 Å². The number of thioether (sulfide) groups is 1. The van der Waals surface area contributed by atoms with Crippen LogP contribution in [0.3, 0.4) is 0 Å². The summed E-state index contributed by atoms with van der Waals surface area (Å²) in [6.45, 7) is 0. The number of methoxy groups -OCH3 is 2. The zero-order valence-corrected chi connectivity index (χ0v) is 20.7. The van der Waals surface area contributed by atoms with E-state index >= 15 is 0 Å². The zero-order valence-electron chi connectivity index (χ0n) is 19.1. The molecule has 4 aromatic rings. The molecule has 9 heteroatoms. The number of H-pyrrole nitrogens is 1. The van der Waals surface area contributed by atoms with E-state index in [1.807, 2.05) is 48.5 Å². The van der Waals surface area contributed by atoms with Crippen molar-refractivity contribution in [3.63, 3.8) is 0 Å². The van der Waals surface area contributed by atoms with Crippen molar-refractivity contribution in [1.29, 1.82) is 0 Å². The predicted molar refractivity (Wildman–Crippen MR) is 136 cm³/mol. The lowest BCUT2D eigenvalue weighted by molar-refractivity contribution is 0.414. The van der Waals surface area contributed by atoms with Crippen LogP contribution in [0.5, 0.6) is 11.5 Å². The summed E-state index contributed by atoms with van der Waals surface area (Å²) in [6, 6.07) is 17.5. The van der Waals surface area contributed by atoms with Crippen LogP contribution in [0.1, 0.15) is 12.8 Å².